The van der Waals surface area contributed by atoms with Crippen LogP contribution >= 0.6 is 0 Å². The molecule has 0 amide bonds. The molecule has 0 aromatic carbocycles. The van der Waals surface area contributed by atoms with Crippen molar-refractivity contribution in [3.8, 4) is 0 Å². The van der Waals surface area contributed by atoms with Gasteiger partial charge in [0.25, 0.3) is 0 Å². The van der Waals surface area contributed by atoms with Gasteiger partial charge in [0.2, 0.25) is 0 Å². The standard InChI is InChI=1S/C6H12O3.Na/c1-2-3-4-5(7)6(8)9;/h5,7H,2-4H2,1H3,(H,8,9);/q;+1/p-1/t5-;/m0./s1. The molecule has 0 aromatic rings. The van der Waals surface area contributed by atoms with E-state index in [1.807, 2.05) is 6.92 Å². The summed E-state index contributed by atoms with van der Waals surface area (Å²) >= 11 is 0. The van der Waals surface area contributed by atoms with Gasteiger partial charge in [-0.3, -0.25) is 0 Å². The molecule has 10 heavy (non-hydrogen) atoms. The zero-order valence-corrected chi connectivity index (χ0v) is 8.46. The van der Waals surface area contributed by atoms with E-state index in [0.29, 0.717) is 6.42 Å². The van der Waals surface area contributed by atoms with Crippen molar-refractivity contribution in [1.82, 2.24) is 0 Å². The fourth-order valence-corrected chi connectivity index (χ4v) is 0.515. The van der Waals surface area contributed by atoms with Gasteiger partial charge in [0.15, 0.2) is 0 Å². The van der Waals surface area contributed by atoms with Crippen molar-refractivity contribution in [2.75, 3.05) is 0 Å². The largest absolute Gasteiger partial charge is 1.00 e. The minimum absolute atomic E-state index is 0. The minimum atomic E-state index is -1.37. The van der Waals surface area contributed by atoms with Crippen molar-refractivity contribution < 1.29 is 44.6 Å². The number of hydrogen-bond acceptors (Lipinski definition) is 3. The predicted octanol–water partition coefficient (Wildman–Crippen LogP) is -3.71. The molecule has 54 valence electrons. The number of carbonyl (C=O) groups excluding carboxylic acids is 1. The number of aliphatic carboxylic acids is 1. The van der Waals surface area contributed by atoms with E-state index in [1.165, 1.54) is 0 Å². The van der Waals surface area contributed by atoms with Gasteiger partial charge >= 0.3 is 29.6 Å². The van der Waals surface area contributed by atoms with Gasteiger partial charge in [0, 0.05) is 0 Å². The van der Waals surface area contributed by atoms with Gasteiger partial charge in [0.1, 0.15) is 0 Å². The molecule has 0 radical (unpaired) electrons. The molecule has 0 aliphatic rings. The summed E-state index contributed by atoms with van der Waals surface area (Å²) in [6, 6.07) is 0. The number of unbranched alkanes of at least 4 members (excludes halogenated alkanes) is 1. The number of aliphatic hydroxyl groups is 1. The molecular weight excluding hydrogens is 143 g/mol. The summed E-state index contributed by atoms with van der Waals surface area (Å²) < 4.78 is 0. The summed E-state index contributed by atoms with van der Waals surface area (Å²) in [6.07, 6.45) is 0.656. The second kappa shape index (κ2) is 7.54. The Hall–Kier alpha value is 0.430. The molecule has 4 heteroatoms. The quantitative estimate of drug-likeness (QED) is 0.424. The van der Waals surface area contributed by atoms with Crippen LogP contribution in [0.5, 0.6) is 0 Å². The summed E-state index contributed by atoms with van der Waals surface area (Å²) in [6.45, 7) is 1.93. The Labute approximate surface area is 82.7 Å². The molecular formula is C6H11NaO3. The molecule has 0 rings (SSSR count). The van der Waals surface area contributed by atoms with E-state index >= 15 is 0 Å². The van der Waals surface area contributed by atoms with E-state index in [-0.39, 0.29) is 29.6 Å². The topological polar surface area (TPSA) is 60.4 Å². The molecule has 0 aliphatic heterocycles. The van der Waals surface area contributed by atoms with Crippen LogP contribution in [0.2, 0.25) is 0 Å². The van der Waals surface area contributed by atoms with Crippen LogP contribution in [-0.4, -0.2) is 17.2 Å². The summed E-state index contributed by atoms with van der Waals surface area (Å²) in [5.41, 5.74) is 0. The van der Waals surface area contributed by atoms with Crippen LogP contribution in [0.4, 0.5) is 0 Å². The number of carboxylic acid groups (broad SMARTS) is 1. The number of carbonyl (C=O) groups is 1. The van der Waals surface area contributed by atoms with E-state index in [2.05, 4.69) is 0 Å². The average Bonchev–Trinajstić information content (AvgIpc) is 1.82. The van der Waals surface area contributed by atoms with E-state index in [4.69, 9.17) is 5.11 Å². The van der Waals surface area contributed by atoms with Gasteiger partial charge in [-0.05, 0) is 6.42 Å². The van der Waals surface area contributed by atoms with E-state index in [9.17, 15) is 9.90 Å². The maximum Gasteiger partial charge on any atom is 1.00 e. The van der Waals surface area contributed by atoms with Gasteiger partial charge in [-0.2, -0.15) is 0 Å². The first kappa shape index (κ1) is 13.1. The molecule has 0 unspecified atom stereocenters. The summed E-state index contributed by atoms with van der Waals surface area (Å²) in [5, 5.41) is 18.4. The third kappa shape index (κ3) is 6.55. The van der Waals surface area contributed by atoms with Gasteiger partial charge in [-0.15, -0.1) is 0 Å². The Morgan fingerprint density at radius 3 is 2.50 bits per heavy atom. The van der Waals surface area contributed by atoms with Crippen LogP contribution in [0.1, 0.15) is 26.2 Å². The molecule has 1 atom stereocenters. The van der Waals surface area contributed by atoms with Gasteiger partial charge < -0.3 is 15.0 Å². The molecule has 0 fully saturated rings. The van der Waals surface area contributed by atoms with Crippen LogP contribution < -0.4 is 34.7 Å². The van der Waals surface area contributed by atoms with Crippen molar-refractivity contribution in [2.24, 2.45) is 0 Å². The molecule has 0 saturated carbocycles. The monoisotopic (exact) mass is 154 g/mol. The van der Waals surface area contributed by atoms with Gasteiger partial charge in [-0.1, -0.05) is 19.8 Å². The SMILES string of the molecule is CCCC[C@H](O)C(=O)[O-].[Na+]. The van der Waals surface area contributed by atoms with Crippen LogP contribution in [0.25, 0.3) is 0 Å². The summed E-state index contributed by atoms with van der Waals surface area (Å²) in [4.78, 5) is 9.84. The van der Waals surface area contributed by atoms with E-state index in [0.717, 1.165) is 12.8 Å². The Morgan fingerprint density at radius 2 is 2.20 bits per heavy atom. The van der Waals surface area contributed by atoms with Crippen LogP contribution in [-0.2, 0) is 4.79 Å². The van der Waals surface area contributed by atoms with Crippen molar-refractivity contribution in [3.05, 3.63) is 0 Å². The number of rotatable bonds is 4. The smallest absolute Gasteiger partial charge is 0.547 e. The summed E-state index contributed by atoms with van der Waals surface area (Å²) in [7, 11) is 0. The Kier molecular flexibility index (Phi) is 9.84. The second-order valence-corrected chi connectivity index (χ2v) is 1.98. The Bertz CT molecular complexity index is 95.0. The normalized spacial score (nSPS) is 11.8. The Balaban J connectivity index is 0. The third-order valence-corrected chi connectivity index (χ3v) is 1.10. The third-order valence-electron chi connectivity index (χ3n) is 1.10. The van der Waals surface area contributed by atoms with Crippen LogP contribution in [0.3, 0.4) is 0 Å². The average molecular weight is 154 g/mol. The molecule has 0 bridgehead atoms. The van der Waals surface area contributed by atoms with Crippen molar-refractivity contribution in [2.45, 2.75) is 32.3 Å². The minimum Gasteiger partial charge on any atom is -0.547 e. The molecule has 3 nitrogen and oxygen atoms in total. The van der Waals surface area contributed by atoms with Gasteiger partial charge in [-0.25, -0.2) is 0 Å². The molecule has 0 saturated heterocycles. The molecule has 0 spiro atoms. The number of carboxylic acids is 1. The summed E-state index contributed by atoms with van der Waals surface area (Å²) in [5.74, 6) is -1.37. The first-order valence-electron chi connectivity index (χ1n) is 3.07. The molecule has 0 aromatic heterocycles. The van der Waals surface area contributed by atoms with Crippen LogP contribution in [0.15, 0.2) is 0 Å². The first-order chi connectivity index (χ1) is 4.18. The van der Waals surface area contributed by atoms with Crippen molar-refractivity contribution >= 4 is 5.97 Å². The first-order valence-corrected chi connectivity index (χ1v) is 3.07. The molecule has 1 N–H and O–H groups in total. The van der Waals surface area contributed by atoms with Crippen LogP contribution in [0, 0.1) is 0 Å². The molecule has 0 heterocycles. The van der Waals surface area contributed by atoms with E-state index in [1.54, 1.807) is 0 Å². The predicted molar refractivity (Wildman–Crippen MR) is 30.5 cm³/mol. The Morgan fingerprint density at radius 1 is 1.70 bits per heavy atom. The number of aliphatic hydroxyl groups excluding tert-OH is 1. The number of hydrogen-bond donors (Lipinski definition) is 1. The zero-order valence-electron chi connectivity index (χ0n) is 6.46. The fraction of sp³-hybridized carbons (Fsp3) is 0.833. The van der Waals surface area contributed by atoms with Crippen molar-refractivity contribution in [1.29, 1.82) is 0 Å². The van der Waals surface area contributed by atoms with Gasteiger partial charge in [0.05, 0.1) is 12.1 Å². The van der Waals surface area contributed by atoms with Crippen molar-refractivity contribution in [3.63, 3.8) is 0 Å². The maximum atomic E-state index is 9.84. The fourth-order valence-electron chi connectivity index (χ4n) is 0.515. The maximum absolute atomic E-state index is 9.84. The zero-order chi connectivity index (χ0) is 7.28. The second-order valence-electron chi connectivity index (χ2n) is 1.98. The molecule has 0 aliphatic carbocycles. The van der Waals surface area contributed by atoms with E-state index < -0.39 is 12.1 Å².